The van der Waals surface area contributed by atoms with E-state index >= 15 is 0 Å². The minimum absolute atomic E-state index is 0.575. The molecule has 1 N–H and O–H groups in total. The zero-order valence-electron chi connectivity index (χ0n) is 9.26. The maximum absolute atomic E-state index is 3.51. The van der Waals surface area contributed by atoms with E-state index in [-0.39, 0.29) is 0 Å². The van der Waals surface area contributed by atoms with Gasteiger partial charge in [0.2, 0.25) is 0 Å². The van der Waals surface area contributed by atoms with E-state index in [0.717, 1.165) is 0 Å². The molecule has 2 rings (SSSR count). The van der Waals surface area contributed by atoms with Crippen LogP contribution in [0.5, 0.6) is 0 Å². The van der Waals surface area contributed by atoms with Crippen LogP contribution in [0.2, 0.25) is 0 Å². The molecule has 14 heavy (non-hydrogen) atoms. The first-order valence-corrected chi connectivity index (χ1v) is 5.93. The maximum atomic E-state index is 3.51. The summed E-state index contributed by atoms with van der Waals surface area (Å²) in [5.41, 5.74) is 0.575. The van der Waals surface area contributed by atoms with Crippen LogP contribution >= 0.6 is 0 Å². The second kappa shape index (κ2) is 4.45. The Bertz CT molecular complexity index is 204. The predicted octanol–water partition coefficient (Wildman–Crippen LogP) is 1.64. The fourth-order valence-corrected chi connectivity index (χ4v) is 2.65. The fourth-order valence-electron chi connectivity index (χ4n) is 2.65. The Morgan fingerprint density at radius 3 is 2.93 bits per heavy atom. The molecular formula is C12H22N2. The van der Waals surface area contributed by atoms with Gasteiger partial charge in [0.1, 0.15) is 0 Å². The molecule has 0 amide bonds. The largest absolute Gasteiger partial charge is 0.316 e. The van der Waals surface area contributed by atoms with Crippen LogP contribution < -0.4 is 5.32 Å². The van der Waals surface area contributed by atoms with Crippen molar-refractivity contribution in [3.8, 4) is 0 Å². The summed E-state index contributed by atoms with van der Waals surface area (Å²) in [6.07, 6.45) is 8.55. The maximum Gasteiger partial charge on any atom is 0.0163 e. The van der Waals surface area contributed by atoms with Crippen LogP contribution in [0.25, 0.3) is 0 Å². The van der Waals surface area contributed by atoms with Crippen LogP contribution in [0.15, 0.2) is 12.2 Å². The number of nitrogens with zero attached hydrogens (tertiary/aromatic N) is 1. The van der Waals surface area contributed by atoms with Gasteiger partial charge >= 0.3 is 0 Å². The van der Waals surface area contributed by atoms with Crippen molar-refractivity contribution in [1.29, 1.82) is 0 Å². The molecule has 0 saturated carbocycles. The lowest BCUT2D eigenvalue weighted by molar-refractivity contribution is 0.169. The van der Waals surface area contributed by atoms with Gasteiger partial charge in [0.25, 0.3) is 0 Å². The van der Waals surface area contributed by atoms with E-state index in [9.17, 15) is 0 Å². The molecule has 80 valence electrons. The lowest BCUT2D eigenvalue weighted by Gasteiger charge is -2.34. The molecular weight excluding hydrogens is 172 g/mol. The van der Waals surface area contributed by atoms with Gasteiger partial charge in [0.05, 0.1) is 0 Å². The molecule has 0 aromatic carbocycles. The van der Waals surface area contributed by atoms with Gasteiger partial charge in [-0.3, -0.25) is 4.90 Å². The Hall–Kier alpha value is -0.340. The van der Waals surface area contributed by atoms with Gasteiger partial charge in [-0.25, -0.2) is 0 Å². The standard InChI is InChI=1S/C12H22N2/c1-2-12(6-7-13-10-12)11-14-8-4-3-5-9-14/h3-4,13H,2,5-11H2,1H3. The number of rotatable bonds is 3. The molecule has 1 fully saturated rings. The Morgan fingerprint density at radius 2 is 2.36 bits per heavy atom. The molecule has 1 saturated heterocycles. The third-order valence-corrected chi connectivity index (χ3v) is 3.78. The predicted molar refractivity (Wildman–Crippen MR) is 60.4 cm³/mol. The third kappa shape index (κ3) is 2.18. The summed E-state index contributed by atoms with van der Waals surface area (Å²) in [6, 6.07) is 0. The van der Waals surface area contributed by atoms with E-state index in [4.69, 9.17) is 0 Å². The molecule has 0 aromatic heterocycles. The molecule has 0 spiro atoms. The van der Waals surface area contributed by atoms with Crippen LogP contribution in [0.1, 0.15) is 26.2 Å². The summed E-state index contributed by atoms with van der Waals surface area (Å²) in [5.74, 6) is 0. The minimum Gasteiger partial charge on any atom is -0.316 e. The number of hydrogen-bond donors (Lipinski definition) is 1. The summed E-state index contributed by atoms with van der Waals surface area (Å²) in [7, 11) is 0. The monoisotopic (exact) mass is 194 g/mol. The summed E-state index contributed by atoms with van der Waals surface area (Å²) >= 11 is 0. The lowest BCUT2D eigenvalue weighted by Crippen LogP contribution is -2.40. The molecule has 2 nitrogen and oxygen atoms in total. The molecule has 2 heteroatoms. The first-order valence-electron chi connectivity index (χ1n) is 5.93. The molecule has 1 atom stereocenters. The zero-order chi connectivity index (χ0) is 9.86. The summed E-state index contributed by atoms with van der Waals surface area (Å²) in [6.45, 7) is 8.51. The Kier molecular flexibility index (Phi) is 3.24. The van der Waals surface area contributed by atoms with Crippen molar-refractivity contribution in [3.05, 3.63) is 12.2 Å². The van der Waals surface area contributed by atoms with E-state index in [1.54, 1.807) is 0 Å². The van der Waals surface area contributed by atoms with Crippen molar-refractivity contribution in [3.63, 3.8) is 0 Å². The smallest absolute Gasteiger partial charge is 0.0163 e. The highest BCUT2D eigenvalue weighted by atomic mass is 15.1. The lowest BCUT2D eigenvalue weighted by atomic mass is 9.83. The van der Waals surface area contributed by atoms with E-state index in [1.807, 2.05) is 0 Å². The Morgan fingerprint density at radius 1 is 1.43 bits per heavy atom. The SMILES string of the molecule is CCC1(CN2CC=CCC2)CCNC1. The van der Waals surface area contributed by atoms with Gasteiger partial charge < -0.3 is 5.32 Å². The van der Waals surface area contributed by atoms with Crippen molar-refractivity contribution >= 4 is 0 Å². The van der Waals surface area contributed by atoms with Crippen molar-refractivity contribution in [2.24, 2.45) is 5.41 Å². The molecule has 2 heterocycles. The van der Waals surface area contributed by atoms with Gasteiger partial charge in [-0.2, -0.15) is 0 Å². The van der Waals surface area contributed by atoms with E-state index in [2.05, 4.69) is 29.3 Å². The quantitative estimate of drug-likeness (QED) is 0.687. The van der Waals surface area contributed by atoms with E-state index in [0.29, 0.717) is 5.41 Å². The first kappa shape index (κ1) is 10.2. The van der Waals surface area contributed by atoms with Gasteiger partial charge in [-0.05, 0) is 31.2 Å². The first-order chi connectivity index (χ1) is 6.85. The molecule has 0 aliphatic carbocycles. The summed E-state index contributed by atoms with van der Waals surface area (Å²) in [4.78, 5) is 2.61. The molecule has 2 aliphatic rings. The number of nitrogens with one attached hydrogen (secondary N) is 1. The minimum atomic E-state index is 0.575. The van der Waals surface area contributed by atoms with Gasteiger partial charge in [0.15, 0.2) is 0 Å². The zero-order valence-corrected chi connectivity index (χ0v) is 9.26. The highest BCUT2D eigenvalue weighted by molar-refractivity contribution is 4.95. The molecule has 0 bridgehead atoms. The topological polar surface area (TPSA) is 15.3 Å². The fraction of sp³-hybridized carbons (Fsp3) is 0.833. The van der Waals surface area contributed by atoms with Crippen LogP contribution in [-0.2, 0) is 0 Å². The summed E-state index contributed by atoms with van der Waals surface area (Å²) < 4.78 is 0. The molecule has 0 aromatic rings. The van der Waals surface area contributed by atoms with Crippen LogP contribution in [0, 0.1) is 5.41 Å². The second-order valence-electron chi connectivity index (χ2n) is 4.78. The average Bonchev–Trinajstić information content (AvgIpc) is 2.69. The van der Waals surface area contributed by atoms with Crippen LogP contribution in [0.4, 0.5) is 0 Å². The molecule has 0 radical (unpaired) electrons. The molecule has 2 aliphatic heterocycles. The molecule has 1 unspecified atom stereocenters. The van der Waals surface area contributed by atoms with Crippen molar-refractivity contribution < 1.29 is 0 Å². The third-order valence-electron chi connectivity index (χ3n) is 3.78. The normalized spacial score (nSPS) is 33.8. The van der Waals surface area contributed by atoms with Crippen molar-refractivity contribution in [2.45, 2.75) is 26.2 Å². The number of hydrogen-bond acceptors (Lipinski definition) is 2. The summed E-state index contributed by atoms with van der Waals surface area (Å²) in [5, 5.41) is 3.51. The van der Waals surface area contributed by atoms with Crippen molar-refractivity contribution in [1.82, 2.24) is 10.2 Å². The van der Waals surface area contributed by atoms with Crippen LogP contribution in [0.3, 0.4) is 0 Å². The van der Waals surface area contributed by atoms with Gasteiger partial charge in [-0.15, -0.1) is 0 Å². The average molecular weight is 194 g/mol. The highest BCUT2D eigenvalue weighted by Crippen LogP contribution is 2.30. The van der Waals surface area contributed by atoms with E-state index in [1.165, 1.54) is 52.0 Å². The van der Waals surface area contributed by atoms with Crippen molar-refractivity contribution in [2.75, 3.05) is 32.7 Å². The Labute approximate surface area is 87.4 Å². The van der Waals surface area contributed by atoms with Gasteiger partial charge in [-0.1, -0.05) is 19.1 Å². The highest BCUT2D eigenvalue weighted by Gasteiger charge is 2.33. The second-order valence-corrected chi connectivity index (χ2v) is 4.78. The van der Waals surface area contributed by atoms with Gasteiger partial charge in [0, 0.05) is 26.2 Å². The van der Waals surface area contributed by atoms with E-state index < -0.39 is 0 Å². The Balaban J connectivity index is 1.90. The van der Waals surface area contributed by atoms with Crippen LogP contribution in [-0.4, -0.2) is 37.6 Å².